The number of benzene rings is 2. The maximum absolute atomic E-state index is 13.5. The van der Waals surface area contributed by atoms with Gasteiger partial charge in [-0.25, -0.2) is 9.82 Å². The normalized spacial score (nSPS) is 14.9. The maximum Gasteiger partial charge on any atom is 0.277 e. The van der Waals surface area contributed by atoms with Crippen molar-refractivity contribution < 1.29 is 13.9 Å². The number of hydrogen-bond donors (Lipinski definition) is 1. The molecule has 0 unspecified atom stereocenters. The zero-order valence-corrected chi connectivity index (χ0v) is 16.5. The van der Waals surface area contributed by atoms with Crippen LogP contribution in [0.5, 0.6) is 5.75 Å². The molecule has 0 atom stereocenters. The minimum absolute atomic E-state index is 0.120. The van der Waals surface area contributed by atoms with E-state index in [2.05, 4.69) is 24.4 Å². The lowest BCUT2D eigenvalue weighted by Gasteiger charge is -2.17. The summed E-state index contributed by atoms with van der Waals surface area (Å²) >= 11 is 1.66. The van der Waals surface area contributed by atoms with Crippen LogP contribution < -0.4 is 10.2 Å². The number of aryl methyl sites for hydroxylation is 1. The Morgan fingerprint density at radius 3 is 2.89 bits per heavy atom. The molecule has 0 spiro atoms. The highest BCUT2D eigenvalue weighted by molar-refractivity contribution is 7.99. The first kappa shape index (κ1) is 19.4. The van der Waals surface area contributed by atoms with Gasteiger partial charge in [0.2, 0.25) is 0 Å². The third kappa shape index (κ3) is 4.89. The molecule has 0 bridgehead atoms. The molecule has 1 heterocycles. The Bertz CT molecular complexity index is 880. The van der Waals surface area contributed by atoms with Gasteiger partial charge in [-0.2, -0.15) is 5.10 Å². The van der Waals surface area contributed by atoms with E-state index in [1.54, 1.807) is 17.8 Å². The van der Waals surface area contributed by atoms with Crippen LogP contribution >= 0.6 is 11.8 Å². The molecule has 27 heavy (non-hydrogen) atoms. The number of fused-ring (bicyclic) bond motifs is 1. The lowest BCUT2D eigenvalue weighted by molar-refractivity contribution is -0.123. The molecule has 3 rings (SSSR count). The second-order valence-corrected chi connectivity index (χ2v) is 7.95. The van der Waals surface area contributed by atoms with Gasteiger partial charge in [0.25, 0.3) is 5.91 Å². The fourth-order valence-corrected chi connectivity index (χ4v) is 3.92. The number of amides is 1. The molecule has 2 aromatic rings. The summed E-state index contributed by atoms with van der Waals surface area (Å²) in [5, 5.41) is 4.21. The highest BCUT2D eigenvalue weighted by atomic mass is 32.2. The summed E-state index contributed by atoms with van der Waals surface area (Å²) < 4.78 is 19.3. The van der Waals surface area contributed by atoms with E-state index >= 15 is 0 Å². The maximum atomic E-state index is 13.5. The lowest BCUT2D eigenvalue weighted by Crippen LogP contribution is -2.27. The SMILES string of the molecule is Cc1ccc(C(C)C)c(OCC(=O)N/N=C2/CCSc3ccc(F)cc32)c1. The molecular weight excluding hydrogens is 363 g/mol. The first-order chi connectivity index (χ1) is 12.9. The van der Waals surface area contributed by atoms with Crippen molar-refractivity contribution in [2.75, 3.05) is 12.4 Å². The number of rotatable bonds is 5. The molecule has 6 heteroatoms. The quantitative estimate of drug-likeness (QED) is 0.761. The van der Waals surface area contributed by atoms with E-state index in [4.69, 9.17) is 4.74 Å². The van der Waals surface area contributed by atoms with E-state index in [-0.39, 0.29) is 18.3 Å². The lowest BCUT2D eigenvalue weighted by atomic mass is 10.0. The molecule has 1 amide bonds. The van der Waals surface area contributed by atoms with E-state index in [0.29, 0.717) is 23.8 Å². The highest BCUT2D eigenvalue weighted by Crippen LogP contribution is 2.30. The van der Waals surface area contributed by atoms with Crippen molar-refractivity contribution in [2.45, 2.75) is 38.0 Å². The number of hydrazone groups is 1. The average molecular weight is 386 g/mol. The standard InChI is InChI=1S/C21H23FN2O2S/c1-13(2)16-6-4-14(3)10-19(16)26-12-21(25)24-23-18-8-9-27-20-7-5-15(22)11-17(18)20/h4-7,10-11,13H,8-9,12H2,1-3H3,(H,24,25)/b23-18-. The number of nitrogens with one attached hydrogen (secondary N) is 1. The number of hydrogen-bond acceptors (Lipinski definition) is 4. The molecule has 0 radical (unpaired) electrons. The van der Waals surface area contributed by atoms with Gasteiger partial charge in [-0.15, -0.1) is 11.8 Å². The van der Waals surface area contributed by atoms with Crippen molar-refractivity contribution in [3.63, 3.8) is 0 Å². The summed E-state index contributed by atoms with van der Waals surface area (Å²) in [7, 11) is 0. The van der Waals surface area contributed by atoms with Crippen LogP contribution in [0, 0.1) is 12.7 Å². The largest absolute Gasteiger partial charge is 0.483 e. The average Bonchev–Trinajstić information content (AvgIpc) is 2.64. The number of carbonyl (C=O) groups excluding carboxylic acids is 1. The Kier molecular flexibility index (Phi) is 6.16. The number of carbonyl (C=O) groups is 1. The minimum Gasteiger partial charge on any atom is -0.483 e. The van der Waals surface area contributed by atoms with E-state index < -0.39 is 0 Å². The summed E-state index contributed by atoms with van der Waals surface area (Å²) in [6.07, 6.45) is 0.678. The molecule has 1 aliphatic heterocycles. The second kappa shape index (κ2) is 8.57. The molecule has 142 valence electrons. The van der Waals surface area contributed by atoms with Gasteiger partial charge in [0.1, 0.15) is 11.6 Å². The van der Waals surface area contributed by atoms with Gasteiger partial charge < -0.3 is 4.74 Å². The third-order valence-electron chi connectivity index (χ3n) is 4.31. The van der Waals surface area contributed by atoms with E-state index in [1.165, 1.54) is 12.1 Å². The fourth-order valence-electron chi connectivity index (χ4n) is 2.91. The summed E-state index contributed by atoms with van der Waals surface area (Å²) in [4.78, 5) is 13.2. The van der Waals surface area contributed by atoms with Gasteiger partial charge in [-0.1, -0.05) is 26.0 Å². The molecule has 0 aromatic heterocycles. The first-order valence-electron chi connectivity index (χ1n) is 8.95. The predicted octanol–water partition coefficient (Wildman–Crippen LogP) is 4.65. The summed E-state index contributed by atoms with van der Waals surface area (Å²) in [5.41, 5.74) is 6.11. The molecule has 0 saturated carbocycles. The summed E-state index contributed by atoms with van der Waals surface area (Å²) in [5.74, 6) is 1.23. The number of halogens is 1. The second-order valence-electron chi connectivity index (χ2n) is 6.82. The first-order valence-corrected chi connectivity index (χ1v) is 9.94. The van der Waals surface area contributed by atoms with Crippen LogP contribution in [-0.4, -0.2) is 24.0 Å². The van der Waals surface area contributed by atoms with E-state index in [9.17, 15) is 9.18 Å². The van der Waals surface area contributed by atoms with Gasteiger partial charge in [-0.05, 0) is 48.2 Å². The van der Waals surface area contributed by atoms with Crippen LogP contribution in [0.2, 0.25) is 0 Å². The molecule has 4 nitrogen and oxygen atoms in total. The molecule has 1 aliphatic rings. The van der Waals surface area contributed by atoms with Gasteiger partial charge in [0, 0.05) is 22.6 Å². The van der Waals surface area contributed by atoms with Gasteiger partial charge >= 0.3 is 0 Å². The predicted molar refractivity (Wildman–Crippen MR) is 107 cm³/mol. The zero-order chi connectivity index (χ0) is 19.4. The Morgan fingerprint density at radius 1 is 1.30 bits per heavy atom. The topological polar surface area (TPSA) is 50.7 Å². The van der Waals surface area contributed by atoms with Crippen LogP contribution in [0.15, 0.2) is 46.4 Å². The molecule has 0 saturated heterocycles. The van der Waals surface area contributed by atoms with Crippen LogP contribution in [0.25, 0.3) is 0 Å². The molecule has 1 N–H and O–H groups in total. The minimum atomic E-state index is -0.338. The molecular formula is C21H23FN2O2S. The van der Waals surface area contributed by atoms with Crippen molar-refractivity contribution in [3.8, 4) is 5.75 Å². The van der Waals surface area contributed by atoms with Crippen LogP contribution in [-0.2, 0) is 4.79 Å². The van der Waals surface area contributed by atoms with E-state index in [1.807, 2.05) is 25.1 Å². The Labute approximate surface area is 163 Å². The molecule has 0 aliphatic carbocycles. The number of ether oxygens (including phenoxy) is 1. The summed E-state index contributed by atoms with van der Waals surface area (Å²) in [6.45, 7) is 6.04. The van der Waals surface area contributed by atoms with Gasteiger partial charge in [0.15, 0.2) is 6.61 Å². The zero-order valence-electron chi connectivity index (χ0n) is 15.7. The van der Waals surface area contributed by atoms with Crippen molar-refractivity contribution in [2.24, 2.45) is 5.10 Å². The molecule has 0 fully saturated rings. The van der Waals surface area contributed by atoms with Crippen molar-refractivity contribution in [1.29, 1.82) is 0 Å². The van der Waals surface area contributed by atoms with Crippen molar-refractivity contribution in [1.82, 2.24) is 5.43 Å². The Balaban J connectivity index is 1.66. The van der Waals surface area contributed by atoms with Crippen molar-refractivity contribution >= 4 is 23.4 Å². The third-order valence-corrected chi connectivity index (χ3v) is 5.39. The van der Waals surface area contributed by atoms with Crippen molar-refractivity contribution in [3.05, 3.63) is 58.9 Å². The van der Waals surface area contributed by atoms with Gasteiger partial charge in [-0.3, -0.25) is 4.79 Å². The Morgan fingerprint density at radius 2 is 2.11 bits per heavy atom. The van der Waals surface area contributed by atoms with Crippen LogP contribution in [0.4, 0.5) is 4.39 Å². The smallest absolute Gasteiger partial charge is 0.277 e. The van der Waals surface area contributed by atoms with Gasteiger partial charge in [0.05, 0.1) is 5.71 Å². The number of nitrogens with zero attached hydrogens (tertiary/aromatic N) is 1. The summed E-state index contributed by atoms with van der Waals surface area (Å²) in [6, 6.07) is 10.6. The Hall–Kier alpha value is -2.34. The van der Waals surface area contributed by atoms with Crippen LogP contribution in [0.3, 0.4) is 0 Å². The van der Waals surface area contributed by atoms with E-state index in [0.717, 1.165) is 27.3 Å². The molecule has 2 aromatic carbocycles. The fraction of sp³-hybridized carbons (Fsp3) is 0.333. The number of thioether (sulfide) groups is 1. The monoisotopic (exact) mass is 386 g/mol. The highest BCUT2D eigenvalue weighted by Gasteiger charge is 2.17. The van der Waals surface area contributed by atoms with Crippen LogP contribution in [0.1, 0.15) is 42.9 Å².